The smallest absolute Gasteiger partial charge is 0.289 e. The number of furan rings is 1. The molecule has 21 heavy (non-hydrogen) atoms. The van der Waals surface area contributed by atoms with Crippen LogP contribution in [0.2, 0.25) is 0 Å². The molecule has 1 aliphatic heterocycles. The van der Waals surface area contributed by atoms with E-state index in [1.807, 2.05) is 38.2 Å². The molecule has 1 aromatic carbocycles. The van der Waals surface area contributed by atoms with Crippen LogP contribution in [0.15, 0.2) is 28.7 Å². The molecule has 0 radical (unpaired) electrons. The number of amides is 1. The normalized spacial score (nSPS) is 18.9. The first-order valence-electron chi connectivity index (χ1n) is 7.60. The van der Waals surface area contributed by atoms with Gasteiger partial charge in [0, 0.05) is 19.0 Å². The molecule has 2 aromatic rings. The van der Waals surface area contributed by atoms with Gasteiger partial charge in [-0.25, -0.2) is 0 Å². The van der Waals surface area contributed by atoms with Crippen LogP contribution in [0.4, 0.5) is 0 Å². The van der Waals surface area contributed by atoms with Crippen molar-refractivity contribution in [3.8, 4) is 0 Å². The molecule has 1 fully saturated rings. The summed E-state index contributed by atoms with van der Waals surface area (Å²) < 4.78 is 5.69. The standard InChI is InChI=1S/C17H22N2O2/c1-12-5-6-15-14(8-12)9-16(21-15)17(20)19(2)11-13-4-3-7-18-10-13/h5-6,8-9,13,18H,3-4,7,10-11H2,1-2H3. The molecule has 0 spiro atoms. The summed E-state index contributed by atoms with van der Waals surface area (Å²) in [5, 5.41) is 4.38. The van der Waals surface area contributed by atoms with Crippen LogP contribution < -0.4 is 5.32 Å². The molecule has 1 aromatic heterocycles. The van der Waals surface area contributed by atoms with Crippen molar-refractivity contribution in [1.82, 2.24) is 10.2 Å². The summed E-state index contributed by atoms with van der Waals surface area (Å²) in [5.41, 5.74) is 1.95. The van der Waals surface area contributed by atoms with Gasteiger partial charge in [-0.2, -0.15) is 0 Å². The lowest BCUT2D eigenvalue weighted by molar-refractivity contribution is 0.0735. The molecule has 0 saturated carbocycles. The van der Waals surface area contributed by atoms with Crippen LogP contribution in [-0.4, -0.2) is 37.5 Å². The summed E-state index contributed by atoms with van der Waals surface area (Å²) in [6, 6.07) is 7.81. The van der Waals surface area contributed by atoms with E-state index in [-0.39, 0.29) is 5.91 Å². The van der Waals surface area contributed by atoms with Gasteiger partial charge in [-0.3, -0.25) is 4.79 Å². The molecule has 0 aliphatic carbocycles. The Morgan fingerprint density at radius 3 is 3.05 bits per heavy atom. The minimum absolute atomic E-state index is 0.0329. The third kappa shape index (κ3) is 3.10. The van der Waals surface area contributed by atoms with Crippen LogP contribution in [0.5, 0.6) is 0 Å². The Hall–Kier alpha value is -1.81. The molecule has 1 amide bonds. The Morgan fingerprint density at radius 2 is 2.29 bits per heavy atom. The first-order chi connectivity index (χ1) is 10.1. The van der Waals surface area contributed by atoms with E-state index in [9.17, 15) is 4.79 Å². The Kier molecular flexibility index (Phi) is 3.97. The van der Waals surface area contributed by atoms with Gasteiger partial charge in [0.1, 0.15) is 5.58 Å². The summed E-state index contributed by atoms with van der Waals surface area (Å²) in [7, 11) is 1.86. The minimum atomic E-state index is -0.0329. The van der Waals surface area contributed by atoms with Crippen molar-refractivity contribution in [2.24, 2.45) is 5.92 Å². The van der Waals surface area contributed by atoms with Crippen LogP contribution in [0.1, 0.15) is 29.0 Å². The van der Waals surface area contributed by atoms with Gasteiger partial charge in [0.05, 0.1) is 0 Å². The summed E-state index contributed by atoms with van der Waals surface area (Å²) >= 11 is 0. The number of piperidine rings is 1. The summed E-state index contributed by atoms with van der Waals surface area (Å²) in [5.74, 6) is 0.940. The predicted molar refractivity (Wildman–Crippen MR) is 83.5 cm³/mol. The zero-order valence-corrected chi connectivity index (χ0v) is 12.7. The highest BCUT2D eigenvalue weighted by Crippen LogP contribution is 2.22. The fourth-order valence-corrected chi connectivity index (χ4v) is 3.01. The third-order valence-corrected chi connectivity index (χ3v) is 4.16. The highest BCUT2D eigenvalue weighted by molar-refractivity contribution is 5.96. The molecule has 1 saturated heterocycles. The van der Waals surface area contributed by atoms with E-state index < -0.39 is 0 Å². The van der Waals surface area contributed by atoms with Gasteiger partial charge < -0.3 is 14.6 Å². The minimum Gasteiger partial charge on any atom is -0.451 e. The van der Waals surface area contributed by atoms with Crippen LogP contribution in [0.25, 0.3) is 11.0 Å². The van der Waals surface area contributed by atoms with Crippen LogP contribution >= 0.6 is 0 Å². The summed E-state index contributed by atoms with van der Waals surface area (Å²) in [6.45, 7) is 4.91. The molecule has 1 N–H and O–H groups in total. The molecule has 2 heterocycles. The van der Waals surface area contributed by atoms with E-state index in [4.69, 9.17) is 4.42 Å². The number of fused-ring (bicyclic) bond motifs is 1. The second-order valence-electron chi connectivity index (χ2n) is 6.05. The van der Waals surface area contributed by atoms with Crippen molar-refractivity contribution in [2.75, 3.05) is 26.7 Å². The molecule has 112 valence electrons. The van der Waals surface area contributed by atoms with Crippen LogP contribution in [-0.2, 0) is 0 Å². The molecule has 4 heteroatoms. The Labute approximate surface area is 125 Å². The average molecular weight is 286 g/mol. The lowest BCUT2D eigenvalue weighted by Gasteiger charge is -2.27. The maximum atomic E-state index is 12.5. The Bertz CT molecular complexity index is 641. The van der Waals surface area contributed by atoms with Crippen LogP contribution in [0, 0.1) is 12.8 Å². The largest absolute Gasteiger partial charge is 0.451 e. The lowest BCUT2D eigenvalue weighted by Crippen LogP contribution is -2.39. The zero-order chi connectivity index (χ0) is 14.8. The molecule has 0 bridgehead atoms. The van der Waals surface area contributed by atoms with Gasteiger partial charge in [0.15, 0.2) is 5.76 Å². The molecule has 1 aliphatic rings. The maximum absolute atomic E-state index is 12.5. The Balaban J connectivity index is 1.72. The predicted octanol–water partition coefficient (Wildman–Crippen LogP) is 2.81. The number of aryl methyl sites for hydroxylation is 1. The fourth-order valence-electron chi connectivity index (χ4n) is 3.01. The number of benzene rings is 1. The number of hydrogen-bond acceptors (Lipinski definition) is 3. The highest BCUT2D eigenvalue weighted by Gasteiger charge is 2.21. The van der Waals surface area contributed by atoms with E-state index in [2.05, 4.69) is 5.32 Å². The number of carbonyl (C=O) groups is 1. The van der Waals surface area contributed by atoms with Crippen molar-refractivity contribution in [3.05, 3.63) is 35.6 Å². The fraction of sp³-hybridized carbons (Fsp3) is 0.471. The van der Waals surface area contributed by atoms with Gasteiger partial charge in [-0.05, 0) is 57.0 Å². The number of carbonyl (C=O) groups excluding carboxylic acids is 1. The number of rotatable bonds is 3. The molecule has 1 unspecified atom stereocenters. The first-order valence-corrected chi connectivity index (χ1v) is 7.60. The zero-order valence-electron chi connectivity index (χ0n) is 12.7. The maximum Gasteiger partial charge on any atom is 0.289 e. The SMILES string of the molecule is Cc1ccc2oc(C(=O)N(C)CC3CCCNC3)cc2c1. The second kappa shape index (κ2) is 5.90. The van der Waals surface area contributed by atoms with Gasteiger partial charge in [-0.1, -0.05) is 11.6 Å². The third-order valence-electron chi connectivity index (χ3n) is 4.16. The summed E-state index contributed by atoms with van der Waals surface area (Å²) in [4.78, 5) is 14.3. The van der Waals surface area contributed by atoms with E-state index in [1.165, 1.54) is 18.4 Å². The van der Waals surface area contributed by atoms with E-state index in [0.717, 1.165) is 30.6 Å². The van der Waals surface area contributed by atoms with E-state index in [1.54, 1.807) is 4.90 Å². The van der Waals surface area contributed by atoms with Crippen molar-refractivity contribution in [3.63, 3.8) is 0 Å². The molecule has 3 rings (SSSR count). The Morgan fingerprint density at radius 1 is 1.43 bits per heavy atom. The van der Waals surface area contributed by atoms with Gasteiger partial charge in [0.25, 0.3) is 5.91 Å². The topological polar surface area (TPSA) is 45.5 Å². The highest BCUT2D eigenvalue weighted by atomic mass is 16.3. The molecular formula is C17H22N2O2. The van der Waals surface area contributed by atoms with Crippen LogP contribution in [0.3, 0.4) is 0 Å². The van der Waals surface area contributed by atoms with E-state index >= 15 is 0 Å². The quantitative estimate of drug-likeness (QED) is 0.943. The van der Waals surface area contributed by atoms with Crippen molar-refractivity contribution < 1.29 is 9.21 Å². The molecule has 4 nitrogen and oxygen atoms in total. The van der Waals surface area contributed by atoms with E-state index in [0.29, 0.717) is 11.7 Å². The second-order valence-corrected chi connectivity index (χ2v) is 6.05. The molecule has 1 atom stereocenters. The van der Waals surface area contributed by atoms with Gasteiger partial charge in [0.2, 0.25) is 0 Å². The number of nitrogens with one attached hydrogen (secondary N) is 1. The van der Waals surface area contributed by atoms with Crippen molar-refractivity contribution in [1.29, 1.82) is 0 Å². The number of hydrogen-bond donors (Lipinski definition) is 1. The molecular weight excluding hydrogens is 264 g/mol. The first kappa shape index (κ1) is 14.1. The monoisotopic (exact) mass is 286 g/mol. The van der Waals surface area contributed by atoms with Gasteiger partial charge in [-0.15, -0.1) is 0 Å². The average Bonchev–Trinajstić information content (AvgIpc) is 2.90. The summed E-state index contributed by atoms with van der Waals surface area (Å²) in [6.07, 6.45) is 2.38. The van der Waals surface area contributed by atoms with Gasteiger partial charge >= 0.3 is 0 Å². The number of nitrogens with zero attached hydrogens (tertiary/aromatic N) is 1. The lowest BCUT2D eigenvalue weighted by atomic mass is 9.99. The van der Waals surface area contributed by atoms with Crippen molar-refractivity contribution in [2.45, 2.75) is 19.8 Å². The van der Waals surface area contributed by atoms with Crippen molar-refractivity contribution >= 4 is 16.9 Å².